The van der Waals surface area contributed by atoms with Crippen molar-refractivity contribution in [3.63, 3.8) is 0 Å². The first kappa shape index (κ1) is 21.9. The Balaban J connectivity index is 2.67. The number of carbonyl (C=O) groups excluding carboxylic acids is 3. The Labute approximate surface area is 166 Å². The molecule has 6 heteroatoms. The normalized spacial score (nSPS) is 14.4. The number of benzene rings is 1. The predicted octanol–water partition coefficient (Wildman–Crippen LogP) is 3.25. The number of rotatable bonds is 7. The minimum absolute atomic E-state index is 0.160. The van der Waals surface area contributed by atoms with E-state index in [1.807, 2.05) is 13.8 Å². The van der Waals surface area contributed by atoms with Crippen molar-refractivity contribution in [1.82, 2.24) is 0 Å². The van der Waals surface area contributed by atoms with Gasteiger partial charge in [0.1, 0.15) is 0 Å². The van der Waals surface area contributed by atoms with E-state index in [2.05, 4.69) is 6.92 Å². The maximum atomic E-state index is 12.6. The van der Waals surface area contributed by atoms with Crippen LogP contribution in [0, 0.1) is 19.3 Å². The van der Waals surface area contributed by atoms with Crippen LogP contribution in [-0.2, 0) is 43.1 Å². The third kappa shape index (κ3) is 3.52. The maximum absolute atomic E-state index is 12.6. The average molecular weight is 390 g/mol. The number of fused-ring (bicyclic) bond motifs is 1. The van der Waals surface area contributed by atoms with Crippen LogP contribution < -0.4 is 0 Å². The van der Waals surface area contributed by atoms with Gasteiger partial charge < -0.3 is 14.2 Å². The van der Waals surface area contributed by atoms with Gasteiger partial charge in [-0.1, -0.05) is 19.8 Å². The molecule has 0 radical (unpaired) electrons. The number of hydrogen-bond acceptors (Lipinski definition) is 6. The Morgan fingerprint density at radius 1 is 0.857 bits per heavy atom. The Hall–Kier alpha value is -2.37. The SMILES string of the molecule is CCCCCc1c(C)c2c(c(C)c1C(=O)OC)CC(C(=O)OC)(C(=O)OC)C2. The summed E-state index contributed by atoms with van der Waals surface area (Å²) < 4.78 is 14.9. The van der Waals surface area contributed by atoms with Gasteiger partial charge >= 0.3 is 17.9 Å². The fourth-order valence-electron chi connectivity index (χ4n) is 4.35. The molecule has 0 saturated carbocycles. The van der Waals surface area contributed by atoms with E-state index in [1.54, 1.807) is 0 Å². The topological polar surface area (TPSA) is 78.9 Å². The molecule has 1 aromatic rings. The van der Waals surface area contributed by atoms with E-state index < -0.39 is 17.4 Å². The fourth-order valence-corrected chi connectivity index (χ4v) is 4.35. The quantitative estimate of drug-likeness (QED) is 0.308. The van der Waals surface area contributed by atoms with Crippen LogP contribution in [0.25, 0.3) is 0 Å². The van der Waals surface area contributed by atoms with E-state index in [0.29, 0.717) is 5.56 Å². The Morgan fingerprint density at radius 3 is 1.86 bits per heavy atom. The van der Waals surface area contributed by atoms with Gasteiger partial charge in [0.2, 0.25) is 0 Å². The predicted molar refractivity (Wildman–Crippen MR) is 104 cm³/mol. The van der Waals surface area contributed by atoms with Gasteiger partial charge in [0.25, 0.3) is 0 Å². The molecule has 0 spiro atoms. The maximum Gasteiger partial charge on any atom is 0.338 e. The molecule has 0 aliphatic heterocycles. The lowest BCUT2D eigenvalue weighted by Crippen LogP contribution is -2.42. The summed E-state index contributed by atoms with van der Waals surface area (Å²) in [6, 6.07) is 0. The molecule has 1 aliphatic rings. The molecule has 0 bridgehead atoms. The van der Waals surface area contributed by atoms with Crippen molar-refractivity contribution in [2.75, 3.05) is 21.3 Å². The van der Waals surface area contributed by atoms with Crippen molar-refractivity contribution in [2.45, 2.75) is 59.3 Å². The van der Waals surface area contributed by atoms with Gasteiger partial charge in [0.15, 0.2) is 5.41 Å². The van der Waals surface area contributed by atoms with Crippen LogP contribution in [-0.4, -0.2) is 39.2 Å². The average Bonchev–Trinajstić information content (AvgIpc) is 3.12. The molecule has 154 valence electrons. The molecule has 0 unspecified atom stereocenters. The highest BCUT2D eigenvalue weighted by atomic mass is 16.5. The van der Waals surface area contributed by atoms with E-state index in [-0.39, 0.29) is 18.8 Å². The largest absolute Gasteiger partial charge is 0.468 e. The number of esters is 3. The Bertz CT molecular complexity index is 777. The van der Waals surface area contributed by atoms with E-state index in [9.17, 15) is 14.4 Å². The molecular formula is C22H30O6. The van der Waals surface area contributed by atoms with Crippen molar-refractivity contribution >= 4 is 17.9 Å². The summed E-state index contributed by atoms with van der Waals surface area (Å²) >= 11 is 0. The lowest BCUT2D eigenvalue weighted by Gasteiger charge is -2.22. The summed E-state index contributed by atoms with van der Waals surface area (Å²) in [5, 5.41) is 0. The van der Waals surface area contributed by atoms with Gasteiger partial charge in [-0.25, -0.2) is 4.79 Å². The van der Waals surface area contributed by atoms with E-state index in [4.69, 9.17) is 14.2 Å². The summed E-state index contributed by atoms with van der Waals surface area (Å²) in [4.78, 5) is 37.7. The summed E-state index contributed by atoms with van der Waals surface area (Å²) in [7, 11) is 3.91. The van der Waals surface area contributed by atoms with E-state index in [0.717, 1.165) is 53.5 Å². The molecule has 1 aliphatic carbocycles. The van der Waals surface area contributed by atoms with Crippen LogP contribution in [0.4, 0.5) is 0 Å². The Kier molecular flexibility index (Phi) is 6.86. The molecule has 0 atom stereocenters. The molecule has 0 amide bonds. The summed E-state index contributed by atoms with van der Waals surface area (Å²) in [5.41, 5.74) is 3.60. The summed E-state index contributed by atoms with van der Waals surface area (Å²) in [6.45, 7) is 5.94. The van der Waals surface area contributed by atoms with Crippen molar-refractivity contribution in [2.24, 2.45) is 5.41 Å². The first-order chi connectivity index (χ1) is 13.3. The van der Waals surface area contributed by atoms with Gasteiger partial charge in [0, 0.05) is 12.8 Å². The molecular weight excluding hydrogens is 360 g/mol. The number of ether oxygens (including phenoxy) is 3. The fraction of sp³-hybridized carbons (Fsp3) is 0.591. The van der Waals surface area contributed by atoms with Crippen molar-refractivity contribution < 1.29 is 28.6 Å². The minimum Gasteiger partial charge on any atom is -0.468 e. The molecule has 0 saturated heterocycles. The highest BCUT2D eigenvalue weighted by Gasteiger charge is 2.54. The zero-order valence-electron chi connectivity index (χ0n) is 17.7. The molecule has 1 aromatic carbocycles. The molecule has 0 fully saturated rings. The molecule has 6 nitrogen and oxygen atoms in total. The summed E-state index contributed by atoms with van der Waals surface area (Å²) in [5.74, 6) is -1.61. The van der Waals surface area contributed by atoms with Gasteiger partial charge in [-0.2, -0.15) is 0 Å². The zero-order valence-corrected chi connectivity index (χ0v) is 17.7. The molecule has 2 rings (SSSR count). The van der Waals surface area contributed by atoms with Gasteiger partial charge in [-0.3, -0.25) is 9.59 Å². The molecule has 0 heterocycles. The van der Waals surface area contributed by atoms with Crippen LogP contribution in [0.15, 0.2) is 0 Å². The first-order valence-corrected chi connectivity index (χ1v) is 9.67. The van der Waals surface area contributed by atoms with Gasteiger partial charge in [-0.05, 0) is 54.5 Å². The van der Waals surface area contributed by atoms with E-state index in [1.165, 1.54) is 21.3 Å². The number of carbonyl (C=O) groups is 3. The zero-order chi connectivity index (χ0) is 21.1. The first-order valence-electron chi connectivity index (χ1n) is 9.67. The minimum atomic E-state index is -1.41. The van der Waals surface area contributed by atoms with E-state index >= 15 is 0 Å². The van der Waals surface area contributed by atoms with Crippen molar-refractivity contribution in [1.29, 1.82) is 0 Å². The molecule has 0 aromatic heterocycles. The van der Waals surface area contributed by atoms with Crippen molar-refractivity contribution in [3.8, 4) is 0 Å². The van der Waals surface area contributed by atoms with Gasteiger partial charge in [-0.15, -0.1) is 0 Å². The smallest absolute Gasteiger partial charge is 0.338 e. The standard InChI is InChI=1S/C22H30O6/c1-7-8-9-10-15-13(2)16-11-22(20(24)27-5,21(25)28-6)12-17(16)14(3)18(15)19(23)26-4/h7-12H2,1-6H3. The molecule has 28 heavy (non-hydrogen) atoms. The van der Waals surface area contributed by atoms with Crippen molar-refractivity contribution in [3.05, 3.63) is 33.4 Å². The molecule has 0 N–H and O–H groups in total. The lowest BCUT2D eigenvalue weighted by atomic mass is 9.84. The monoisotopic (exact) mass is 390 g/mol. The van der Waals surface area contributed by atoms with Crippen LogP contribution in [0.2, 0.25) is 0 Å². The van der Waals surface area contributed by atoms with Gasteiger partial charge in [0.05, 0.1) is 26.9 Å². The highest BCUT2D eigenvalue weighted by Crippen LogP contribution is 2.44. The summed E-state index contributed by atoms with van der Waals surface area (Å²) in [6.07, 6.45) is 4.22. The lowest BCUT2D eigenvalue weighted by molar-refractivity contribution is -0.168. The van der Waals surface area contributed by atoms with Crippen LogP contribution in [0.5, 0.6) is 0 Å². The van der Waals surface area contributed by atoms with Crippen LogP contribution in [0.3, 0.4) is 0 Å². The van der Waals surface area contributed by atoms with Crippen LogP contribution >= 0.6 is 0 Å². The third-order valence-corrected chi connectivity index (χ3v) is 5.93. The van der Waals surface area contributed by atoms with Crippen LogP contribution in [0.1, 0.15) is 64.4 Å². The second-order valence-corrected chi connectivity index (χ2v) is 7.43. The second-order valence-electron chi connectivity index (χ2n) is 7.43. The number of unbranched alkanes of at least 4 members (excludes halogenated alkanes) is 2. The third-order valence-electron chi connectivity index (χ3n) is 5.93. The highest BCUT2D eigenvalue weighted by molar-refractivity contribution is 6.02. The Morgan fingerprint density at radius 2 is 1.39 bits per heavy atom. The number of hydrogen-bond donors (Lipinski definition) is 0. The second kappa shape index (κ2) is 8.76. The number of methoxy groups -OCH3 is 3.